The van der Waals surface area contributed by atoms with Gasteiger partial charge in [-0.2, -0.15) is 5.10 Å². The first-order valence-corrected chi connectivity index (χ1v) is 7.63. The molecule has 0 spiro atoms. The molecule has 1 atom stereocenters. The third kappa shape index (κ3) is 4.25. The predicted molar refractivity (Wildman–Crippen MR) is 82.7 cm³/mol. The largest absolute Gasteiger partial charge is 0.395 e. The molecule has 0 aromatic carbocycles. The maximum Gasteiger partial charge on any atom is 0.271 e. The molecule has 20 heavy (non-hydrogen) atoms. The minimum Gasteiger partial charge on any atom is -0.395 e. The minimum absolute atomic E-state index is 0.125. The summed E-state index contributed by atoms with van der Waals surface area (Å²) in [5, 5.41) is 7.29. The van der Waals surface area contributed by atoms with Crippen molar-refractivity contribution in [2.24, 2.45) is 7.05 Å². The molecule has 0 fully saturated rings. The number of anilines is 1. The van der Waals surface area contributed by atoms with E-state index in [-0.39, 0.29) is 11.9 Å². The number of hydrogen-bond acceptors (Lipinski definition) is 3. The van der Waals surface area contributed by atoms with E-state index >= 15 is 0 Å². The van der Waals surface area contributed by atoms with Crippen LogP contribution in [0, 0.1) is 0 Å². The lowest BCUT2D eigenvalue weighted by Crippen LogP contribution is -2.34. The number of carbonyl (C=O) groups excluding carboxylic acids is 1. The molecular weight excluding hydrogens is 252 g/mol. The molecule has 5 nitrogen and oxygen atoms in total. The van der Waals surface area contributed by atoms with E-state index in [9.17, 15) is 4.79 Å². The van der Waals surface area contributed by atoms with Crippen molar-refractivity contribution in [2.45, 2.75) is 65.3 Å². The van der Waals surface area contributed by atoms with Crippen molar-refractivity contribution < 1.29 is 4.79 Å². The summed E-state index contributed by atoms with van der Waals surface area (Å²) in [5.41, 5.74) is 7.75. The van der Waals surface area contributed by atoms with Crippen molar-refractivity contribution in [2.75, 3.05) is 5.73 Å². The average molecular weight is 280 g/mol. The summed E-state index contributed by atoms with van der Waals surface area (Å²) in [6.07, 6.45) is 6.60. The number of nitrogens with two attached hydrogens (primary N) is 1. The van der Waals surface area contributed by atoms with E-state index in [0.717, 1.165) is 25.0 Å². The maximum atomic E-state index is 12.3. The normalized spacial score (nSPS) is 12.4. The Labute approximate surface area is 121 Å². The van der Waals surface area contributed by atoms with Crippen LogP contribution in [0.2, 0.25) is 0 Å². The van der Waals surface area contributed by atoms with Crippen LogP contribution in [0.15, 0.2) is 0 Å². The van der Waals surface area contributed by atoms with Crippen molar-refractivity contribution in [3.63, 3.8) is 0 Å². The number of aromatic nitrogens is 2. The van der Waals surface area contributed by atoms with Gasteiger partial charge >= 0.3 is 0 Å². The lowest BCUT2D eigenvalue weighted by molar-refractivity contribution is 0.0929. The van der Waals surface area contributed by atoms with Gasteiger partial charge in [0.2, 0.25) is 0 Å². The molecule has 5 heteroatoms. The third-order valence-corrected chi connectivity index (χ3v) is 3.58. The quantitative estimate of drug-likeness (QED) is 0.719. The second-order valence-corrected chi connectivity index (χ2v) is 5.41. The zero-order valence-electron chi connectivity index (χ0n) is 13.2. The zero-order valence-corrected chi connectivity index (χ0v) is 13.2. The molecule has 1 rings (SSSR count). The number of carbonyl (C=O) groups is 1. The average Bonchev–Trinajstić information content (AvgIpc) is 2.69. The first kappa shape index (κ1) is 16.5. The second-order valence-electron chi connectivity index (χ2n) is 5.41. The highest BCUT2D eigenvalue weighted by atomic mass is 16.2. The summed E-state index contributed by atoms with van der Waals surface area (Å²) >= 11 is 0. The van der Waals surface area contributed by atoms with Crippen molar-refractivity contribution in [1.29, 1.82) is 0 Å². The highest BCUT2D eigenvalue weighted by Gasteiger charge is 2.20. The molecule has 1 amide bonds. The minimum atomic E-state index is -0.125. The van der Waals surface area contributed by atoms with Crippen LogP contribution >= 0.6 is 0 Å². The first-order chi connectivity index (χ1) is 9.51. The van der Waals surface area contributed by atoms with Gasteiger partial charge in [0, 0.05) is 13.1 Å². The summed E-state index contributed by atoms with van der Waals surface area (Å²) in [5.74, 6) is -0.125. The van der Waals surface area contributed by atoms with E-state index in [1.165, 1.54) is 19.3 Å². The molecule has 0 aliphatic carbocycles. The zero-order chi connectivity index (χ0) is 15.1. The summed E-state index contributed by atoms with van der Waals surface area (Å²) in [7, 11) is 1.76. The van der Waals surface area contributed by atoms with E-state index in [4.69, 9.17) is 5.73 Å². The van der Waals surface area contributed by atoms with Gasteiger partial charge in [0.1, 0.15) is 5.69 Å². The number of unbranched alkanes of at least 4 members (excludes halogenated alkanes) is 3. The van der Waals surface area contributed by atoms with Crippen molar-refractivity contribution in [3.8, 4) is 0 Å². The van der Waals surface area contributed by atoms with E-state index in [2.05, 4.69) is 17.3 Å². The van der Waals surface area contributed by atoms with Crippen molar-refractivity contribution in [1.82, 2.24) is 15.1 Å². The number of nitrogens with zero attached hydrogens (tertiary/aromatic N) is 2. The van der Waals surface area contributed by atoms with Crippen LogP contribution in [-0.2, 0) is 13.5 Å². The fourth-order valence-corrected chi connectivity index (χ4v) is 2.37. The van der Waals surface area contributed by atoms with Gasteiger partial charge in [-0.25, -0.2) is 0 Å². The fraction of sp³-hybridized carbons (Fsp3) is 0.733. The summed E-state index contributed by atoms with van der Waals surface area (Å²) in [6.45, 7) is 6.22. The molecule has 114 valence electrons. The smallest absolute Gasteiger partial charge is 0.271 e. The Morgan fingerprint density at radius 1 is 1.35 bits per heavy atom. The van der Waals surface area contributed by atoms with Gasteiger partial charge in [-0.3, -0.25) is 9.48 Å². The molecule has 0 radical (unpaired) electrons. The molecule has 1 aromatic rings. The fourth-order valence-electron chi connectivity index (χ4n) is 2.37. The van der Waals surface area contributed by atoms with Crippen LogP contribution in [-0.4, -0.2) is 21.7 Å². The Hall–Kier alpha value is -1.52. The molecule has 0 saturated heterocycles. The van der Waals surface area contributed by atoms with Gasteiger partial charge in [-0.05, 0) is 19.8 Å². The van der Waals surface area contributed by atoms with E-state index in [0.29, 0.717) is 11.4 Å². The van der Waals surface area contributed by atoms with Crippen LogP contribution in [0.5, 0.6) is 0 Å². The molecule has 0 bridgehead atoms. The Bertz CT molecular complexity index is 439. The topological polar surface area (TPSA) is 72.9 Å². The van der Waals surface area contributed by atoms with Crippen molar-refractivity contribution >= 4 is 11.6 Å². The predicted octanol–water partition coefficient (Wildman–Crippen LogP) is 2.65. The third-order valence-electron chi connectivity index (χ3n) is 3.58. The lowest BCUT2D eigenvalue weighted by Gasteiger charge is -2.14. The van der Waals surface area contributed by atoms with Crippen LogP contribution < -0.4 is 11.1 Å². The molecule has 1 heterocycles. The van der Waals surface area contributed by atoms with Crippen molar-refractivity contribution in [3.05, 3.63) is 11.4 Å². The first-order valence-electron chi connectivity index (χ1n) is 7.63. The summed E-state index contributed by atoms with van der Waals surface area (Å²) in [6, 6.07) is 0.165. The van der Waals surface area contributed by atoms with Gasteiger partial charge in [-0.15, -0.1) is 0 Å². The number of nitrogen functional groups attached to an aromatic ring is 1. The Balaban J connectivity index is 2.56. The number of rotatable bonds is 8. The summed E-state index contributed by atoms with van der Waals surface area (Å²) < 4.78 is 1.58. The number of aryl methyl sites for hydroxylation is 2. The number of nitrogens with one attached hydrogen (secondary N) is 1. The molecule has 0 saturated carbocycles. The van der Waals surface area contributed by atoms with Crippen LogP contribution in [0.1, 0.15) is 69.1 Å². The van der Waals surface area contributed by atoms with Gasteiger partial charge in [0.05, 0.1) is 11.4 Å². The van der Waals surface area contributed by atoms with Gasteiger partial charge in [0.15, 0.2) is 0 Å². The summed E-state index contributed by atoms with van der Waals surface area (Å²) in [4.78, 5) is 12.3. The molecule has 1 aromatic heterocycles. The van der Waals surface area contributed by atoms with Crippen LogP contribution in [0.25, 0.3) is 0 Å². The van der Waals surface area contributed by atoms with Gasteiger partial charge < -0.3 is 11.1 Å². The van der Waals surface area contributed by atoms with Gasteiger partial charge in [0.25, 0.3) is 5.91 Å². The van der Waals surface area contributed by atoms with Crippen LogP contribution in [0.4, 0.5) is 5.69 Å². The van der Waals surface area contributed by atoms with E-state index < -0.39 is 0 Å². The monoisotopic (exact) mass is 280 g/mol. The Kier molecular flexibility index (Phi) is 6.55. The number of amides is 1. The molecular formula is C15H28N4O. The maximum absolute atomic E-state index is 12.3. The highest BCUT2D eigenvalue weighted by molar-refractivity contribution is 5.98. The SMILES string of the molecule is CCCCCCC(C)NC(=O)c1c(N)c(CC)nn1C. The van der Waals surface area contributed by atoms with E-state index in [1.807, 2.05) is 13.8 Å². The molecule has 1 unspecified atom stereocenters. The standard InChI is InChI=1S/C15H28N4O/c1-5-7-8-9-10-11(3)17-15(20)14-13(16)12(6-2)18-19(14)4/h11H,5-10,16H2,1-4H3,(H,17,20). The number of hydrogen-bond donors (Lipinski definition) is 2. The highest BCUT2D eigenvalue weighted by Crippen LogP contribution is 2.17. The Morgan fingerprint density at radius 2 is 2.05 bits per heavy atom. The molecule has 0 aliphatic heterocycles. The molecule has 3 N–H and O–H groups in total. The second kappa shape index (κ2) is 7.92. The molecule has 0 aliphatic rings. The van der Waals surface area contributed by atoms with E-state index in [1.54, 1.807) is 11.7 Å². The Morgan fingerprint density at radius 3 is 2.60 bits per heavy atom. The lowest BCUT2D eigenvalue weighted by atomic mass is 10.1. The van der Waals surface area contributed by atoms with Gasteiger partial charge in [-0.1, -0.05) is 39.5 Å². The van der Waals surface area contributed by atoms with Crippen LogP contribution in [0.3, 0.4) is 0 Å².